The van der Waals surface area contributed by atoms with Crippen LogP contribution in [0.15, 0.2) is 35.7 Å². The Morgan fingerprint density at radius 1 is 1.04 bits per heavy atom. The molecule has 7 nitrogen and oxygen atoms in total. The van der Waals surface area contributed by atoms with E-state index < -0.39 is 24.4 Å². The predicted molar refractivity (Wildman–Crippen MR) is 94.8 cm³/mol. The van der Waals surface area contributed by atoms with Gasteiger partial charge >= 0.3 is 5.97 Å². The molecule has 2 amide bonds. The summed E-state index contributed by atoms with van der Waals surface area (Å²) in [7, 11) is 0. The monoisotopic (exact) mass is 374 g/mol. The zero-order valence-electron chi connectivity index (χ0n) is 13.9. The van der Waals surface area contributed by atoms with Gasteiger partial charge in [0.05, 0.1) is 4.88 Å². The number of ether oxygens (including phenoxy) is 2. The highest BCUT2D eigenvalue weighted by Crippen LogP contribution is 2.25. The minimum atomic E-state index is -0.662. The molecule has 3 rings (SSSR count). The van der Waals surface area contributed by atoms with Crippen molar-refractivity contribution in [3.8, 4) is 5.75 Å². The highest BCUT2D eigenvalue weighted by molar-refractivity contribution is 7.12. The van der Waals surface area contributed by atoms with Crippen LogP contribution in [0.4, 0.5) is 0 Å². The molecule has 0 spiro atoms. The molecule has 0 radical (unpaired) electrons. The SMILES string of the molecule is O=C(COC(=O)COc1ccc2c(c1)CCC2)NNC(=O)c1cccs1. The molecule has 2 aromatic rings. The standard InChI is InChI=1S/C18H18N2O5S/c21-16(19-20-18(23)15-5-2-8-26-15)10-25-17(22)11-24-14-7-6-12-3-1-4-13(12)9-14/h2,5-9H,1,3-4,10-11H2,(H,19,21)(H,20,23). The first-order valence-electron chi connectivity index (χ1n) is 8.15. The molecule has 0 unspecified atom stereocenters. The van der Waals surface area contributed by atoms with Gasteiger partial charge in [0.1, 0.15) is 5.75 Å². The van der Waals surface area contributed by atoms with E-state index in [1.807, 2.05) is 18.2 Å². The van der Waals surface area contributed by atoms with Crippen LogP contribution in [-0.2, 0) is 27.2 Å². The summed E-state index contributed by atoms with van der Waals surface area (Å²) in [6.45, 7) is -0.787. The number of benzene rings is 1. The van der Waals surface area contributed by atoms with Crippen molar-refractivity contribution in [3.05, 3.63) is 51.7 Å². The first-order chi connectivity index (χ1) is 12.6. The van der Waals surface area contributed by atoms with Crippen molar-refractivity contribution in [2.75, 3.05) is 13.2 Å². The first-order valence-corrected chi connectivity index (χ1v) is 9.03. The number of nitrogens with one attached hydrogen (secondary N) is 2. The van der Waals surface area contributed by atoms with Gasteiger partial charge in [0.15, 0.2) is 13.2 Å². The van der Waals surface area contributed by atoms with Crippen LogP contribution in [0.1, 0.15) is 27.2 Å². The molecule has 0 bridgehead atoms. The number of esters is 1. The summed E-state index contributed by atoms with van der Waals surface area (Å²) in [5.41, 5.74) is 6.99. The molecule has 0 saturated heterocycles. The van der Waals surface area contributed by atoms with Gasteiger partial charge in [-0.2, -0.15) is 0 Å². The van der Waals surface area contributed by atoms with Crippen LogP contribution in [0.25, 0.3) is 0 Å². The number of hydrogen-bond donors (Lipinski definition) is 2. The molecule has 136 valence electrons. The summed E-state index contributed by atoms with van der Waals surface area (Å²) in [4.78, 5) is 35.4. The number of carbonyl (C=O) groups excluding carboxylic acids is 3. The quantitative estimate of drug-likeness (QED) is 0.592. The van der Waals surface area contributed by atoms with Crippen molar-refractivity contribution < 1.29 is 23.9 Å². The fourth-order valence-electron chi connectivity index (χ4n) is 2.60. The molecule has 0 fully saturated rings. The maximum atomic E-state index is 11.7. The maximum Gasteiger partial charge on any atom is 0.344 e. The summed E-state index contributed by atoms with van der Waals surface area (Å²) in [5, 5.41) is 1.75. The van der Waals surface area contributed by atoms with Gasteiger partial charge in [-0.15, -0.1) is 11.3 Å². The summed E-state index contributed by atoms with van der Waals surface area (Å²) < 4.78 is 10.2. The molecular formula is C18H18N2O5S. The van der Waals surface area contributed by atoms with Crippen LogP contribution in [-0.4, -0.2) is 31.0 Å². The number of carbonyl (C=O) groups is 3. The second kappa shape index (κ2) is 8.48. The Labute approximate surface area is 154 Å². The van der Waals surface area contributed by atoms with E-state index in [-0.39, 0.29) is 6.61 Å². The molecule has 0 saturated carbocycles. The third kappa shape index (κ3) is 4.82. The predicted octanol–water partition coefficient (Wildman–Crippen LogP) is 1.62. The van der Waals surface area contributed by atoms with E-state index in [1.165, 1.54) is 22.5 Å². The highest BCUT2D eigenvalue weighted by atomic mass is 32.1. The van der Waals surface area contributed by atoms with Gasteiger partial charge in [-0.05, 0) is 54.0 Å². The van der Waals surface area contributed by atoms with Gasteiger partial charge in [-0.1, -0.05) is 12.1 Å². The van der Waals surface area contributed by atoms with Gasteiger partial charge in [0.25, 0.3) is 11.8 Å². The van der Waals surface area contributed by atoms with E-state index in [0.717, 1.165) is 19.3 Å². The van der Waals surface area contributed by atoms with Gasteiger partial charge in [0, 0.05) is 0 Å². The number of fused-ring (bicyclic) bond motifs is 1. The maximum absolute atomic E-state index is 11.7. The summed E-state index contributed by atoms with van der Waals surface area (Å²) in [6.07, 6.45) is 3.24. The average Bonchev–Trinajstić information content (AvgIpc) is 3.33. The highest BCUT2D eigenvalue weighted by Gasteiger charge is 2.13. The number of hydrogen-bond acceptors (Lipinski definition) is 6. The van der Waals surface area contributed by atoms with Crippen molar-refractivity contribution >= 4 is 29.1 Å². The molecule has 26 heavy (non-hydrogen) atoms. The van der Waals surface area contributed by atoms with E-state index in [9.17, 15) is 14.4 Å². The molecule has 0 atom stereocenters. The van der Waals surface area contributed by atoms with Gasteiger partial charge in [-0.25, -0.2) is 4.79 Å². The van der Waals surface area contributed by atoms with Crippen LogP contribution >= 0.6 is 11.3 Å². The van der Waals surface area contributed by atoms with Crippen molar-refractivity contribution in [3.63, 3.8) is 0 Å². The average molecular weight is 374 g/mol. The van der Waals surface area contributed by atoms with Crippen molar-refractivity contribution in [1.82, 2.24) is 10.9 Å². The summed E-state index contributed by atoms with van der Waals surface area (Å²) >= 11 is 1.25. The Bertz CT molecular complexity index is 804. The second-order valence-electron chi connectivity index (χ2n) is 5.71. The lowest BCUT2D eigenvalue weighted by atomic mass is 10.1. The Hall–Kier alpha value is -2.87. The number of aryl methyl sites for hydroxylation is 2. The summed E-state index contributed by atoms with van der Waals surface area (Å²) in [5.74, 6) is -1.12. The zero-order valence-corrected chi connectivity index (χ0v) is 14.8. The number of rotatable bonds is 6. The normalized spacial score (nSPS) is 12.2. The second-order valence-corrected chi connectivity index (χ2v) is 6.66. The van der Waals surface area contributed by atoms with Crippen LogP contribution in [0.5, 0.6) is 5.75 Å². The molecule has 0 aliphatic heterocycles. The zero-order chi connectivity index (χ0) is 18.4. The van der Waals surface area contributed by atoms with Gasteiger partial charge < -0.3 is 9.47 Å². The lowest BCUT2D eigenvalue weighted by Crippen LogP contribution is -2.43. The first kappa shape index (κ1) is 17.9. The third-order valence-electron chi connectivity index (χ3n) is 3.85. The number of amides is 2. The van der Waals surface area contributed by atoms with E-state index >= 15 is 0 Å². The smallest absolute Gasteiger partial charge is 0.344 e. The Morgan fingerprint density at radius 3 is 2.69 bits per heavy atom. The third-order valence-corrected chi connectivity index (χ3v) is 4.72. The minimum Gasteiger partial charge on any atom is -0.482 e. The molecule has 1 aromatic heterocycles. The Balaban J connectivity index is 1.34. The van der Waals surface area contributed by atoms with E-state index in [1.54, 1.807) is 17.5 Å². The Morgan fingerprint density at radius 2 is 1.88 bits per heavy atom. The lowest BCUT2D eigenvalue weighted by molar-refractivity contribution is -0.150. The summed E-state index contributed by atoms with van der Waals surface area (Å²) in [6, 6.07) is 9.12. The fraction of sp³-hybridized carbons (Fsp3) is 0.278. The molecule has 1 aliphatic carbocycles. The molecule has 1 heterocycles. The van der Waals surface area contributed by atoms with Crippen molar-refractivity contribution in [2.24, 2.45) is 0 Å². The fourth-order valence-corrected chi connectivity index (χ4v) is 3.22. The number of hydrazine groups is 1. The molecule has 1 aromatic carbocycles. The van der Waals surface area contributed by atoms with Crippen molar-refractivity contribution in [1.29, 1.82) is 0 Å². The molecule has 1 aliphatic rings. The topological polar surface area (TPSA) is 93.7 Å². The minimum absolute atomic E-state index is 0.284. The van der Waals surface area contributed by atoms with Crippen LogP contribution in [0, 0.1) is 0 Å². The van der Waals surface area contributed by atoms with E-state index in [4.69, 9.17) is 9.47 Å². The van der Waals surface area contributed by atoms with E-state index in [2.05, 4.69) is 10.9 Å². The van der Waals surface area contributed by atoms with Gasteiger partial charge in [0.2, 0.25) is 0 Å². The number of thiophene rings is 1. The van der Waals surface area contributed by atoms with Crippen LogP contribution in [0.3, 0.4) is 0 Å². The molecular weight excluding hydrogens is 356 g/mol. The van der Waals surface area contributed by atoms with Crippen LogP contribution < -0.4 is 15.6 Å². The largest absolute Gasteiger partial charge is 0.482 e. The molecule has 8 heteroatoms. The van der Waals surface area contributed by atoms with E-state index in [0.29, 0.717) is 10.6 Å². The van der Waals surface area contributed by atoms with Crippen molar-refractivity contribution in [2.45, 2.75) is 19.3 Å². The van der Waals surface area contributed by atoms with Crippen LogP contribution in [0.2, 0.25) is 0 Å². The Kier molecular flexibility index (Phi) is 5.85. The lowest BCUT2D eigenvalue weighted by Gasteiger charge is -2.09. The molecule has 2 N–H and O–H groups in total. The van der Waals surface area contributed by atoms with Gasteiger partial charge in [-0.3, -0.25) is 20.4 Å².